The van der Waals surface area contributed by atoms with E-state index < -0.39 is 11.9 Å². The number of pyridine rings is 1. The zero-order valence-corrected chi connectivity index (χ0v) is 13.8. The first-order valence-corrected chi connectivity index (χ1v) is 8.22. The number of hydrogen-bond donors (Lipinski definition) is 1. The van der Waals surface area contributed by atoms with Gasteiger partial charge in [0, 0.05) is 30.6 Å². The van der Waals surface area contributed by atoms with Gasteiger partial charge in [-0.25, -0.2) is 9.97 Å². The molecule has 1 aliphatic rings. The van der Waals surface area contributed by atoms with Crippen LogP contribution in [0.15, 0.2) is 30.6 Å². The summed E-state index contributed by atoms with van der Waals surface area (Å²) in [5.41, 5.74) is -0.548. The second-order valence-electron chi connectivity index (χ2n) is 5.91. The number of anilines is 1. The molecule has 5 nitrogen and oxygen atoms in total. The molecule has 25 heavy (non-hydrogen) atoms. The maximum absolute atomic E-state index is 13.2. The lowest BCUT2D eigenvalue weighted by Gasteiger charge is -2.24. The van der Waals surface area contributed by atoms with E-state index in [4.69, 9.17) is 4.74 Å². The van der Waals surface area contributed by atoms with Crippen LogP contribution in [-0.2, 0) is 10.9 Å². The average molecular weight is 352 g/mol. The Bertz CT molecular complexity index is 703. The van der Waals surface area contributed by atoms with Crippen LogP contribution in [-0.4, -0.2) is 33.7 Å². The molecule has 2 atom stereocenters. The van der Waals surface area contributed by atoms with Gasteiger partial charge >= 0.3 is 6.18 Å². The molecule has 2 aromatic heterocycles. The summed E-state index contributed by atoms with van der Waals surface area (Å²) in [6.45, 7) is 2.65. The van der Waals surface area contributed by atoms with Crippen LogP contribution >= 0.6 is 0 Å². The molecule has 3 rings (SSSR count). The van der Waals surface area contributed by atoms with Crippen molar-refractivity contribution in [2.45, 2.75) is 44.5 Å². The molecule has 0 spiro atoms. The van der Waals surface area contributed by atoms with Crippen molar-refractivity contribution in [1.29, 1.82) is 0 Å². The zero-order valence-electron chi connectivity index (χ0n) is 13.8. The highest BCUT2D eigenvalue weighted by molar-refractivity contribution is 5.56. The molecular weight excluding hydrogens is 333 g/mol. The summed E-state index contributed by atoms with van der Waals surface area (Å²) in [6, 6.07) is 4.11. The van der Waals surface area contributed by atoms with Gasteiger partial charge in [-0.05, 0) is 31.4 Å². The van der Waals surface area contributed by atoms with Crippen molar-refractivity contribution in [2.75, 3.05) is 11.9 Å². The molecule has 1 aliphatic heterocycles. The summed E-state index contributed by atoms with van der Waals surface area (Å²) in [6.07, 6.45) is 0.980. The Morgan fingerprint density at radius 1 is 1.36 bits per heavy atom. The van der Waals surface area contributed by atoms with E-state index in [-0.39, 0.29) is 23.8 Å². The first-order valence-electron chi connectivity index (χ1n) is 8.22. The molecule has 0 aliphatic carbocycles. The van der Waals surface area contributed by atoms with Gasteiger partial charge in [-0.15, -0.1) is 0 Å². The van der Waals surface area contributed by atoms with Gasteiger partial charge in [0.1, 0.15) is 5.82 Å². The lowest BCUT2D eigenvalue weighted by atomic mass is 10.1. The monoisotopic (exact) mass is 352 g/mol. The third-order valence-corrected chi connectivity index (χ3v) is 4.12. The largest absolute Gasteiger partial charge is 0.433 e. The molecule has 134 valence electrons. The molecule has 2 aromatic rings. The van der Waals surface area contributed by atoms with Gasteiger partial charge < -0.3 is 10.1 Å². The molecular formula is C17H19F3N4O. The predicted molar refractivity (Wildman–Crippen MR) is 86.9 cm³/mol. The van der Waals surface area contributed by atoms with Gasteiger partial charge in [-0.1, -0.05) is 6.92 Å². The van der Waals surface area contributed by atoms with Crippen LogP contribution < -0.4 is 5.32 Å². The van der Waals surface area contributed by atoms with Crippen molar-refractivity contribution >= 4 is 5.82 Å². The van der Waals surface area contributed by atoms with E-state index in [9.17, 15) is 13.2 Å². The van der Waals surface area contributed by atoms with Crippen molar-refractivity contribution in [3.05, 3.63) is 36.3 Å². The van der Waals surface area contributed by atoms with Crippen LogP contribution in [0.3, 0.4) is 0 Å². The third-order valence-electron chi connectivity index (χ3n) is 4.12. The Hall–Kier alpha value is -2.22. The Morgan fingerprint density at radius 3 is 2.80 bits per heavy atom. The van der Waals surface area contributed by atoms with E-state index in [1.807, 2.05) is 6.92 Å². The van der Waals surface area contributed by atoms with Gasteiger partial charge in [-0.3, -0.25) is 4.98 Å². The summed E-state index contributed by atoms with van der Waals surface area (Å²) in [5.74, 6) is 0.135. The molecule has 0 aromatic carbocycles. The number of nitrogens with one attached hydrogen (secondary N) is 1. The number of hydrogen-bond acceptors (Lipinski definition) is 5. The van der Waals surface area contributed by atoms with Crippen molar-refractivity contribution in [3.63, 3.8) is 0 Å². The van der Waals surface area contributed by atoms with Crippen molar-refractivity contribution < 1.29 is 17.9 Å². The molecule has 2 unspecified atom stereocenters. The number of halogens is 3. The van der Waals surface area contributed by atoms with E-state index in [0.29, 0.717) is 12.2 Å². The number of alkyl halides is 3. The molecule has 0 radical (unpaired) electrons. The molecule has 1 fully saturated rings. The number of rotatable bonds is 5. The number of nitrogens with zero attached hydrogens (tertiary/aromatic N) is 3. The summed E-state index contributed by atoms with van der Waals surface area (Å²) >= 11 is 0. The molecule has 1 saturated heterocycles. The van der Waals surface area contributed by atoms with Crippen LogP contribution in [0, 0.1) is 0 Å². The molecule has 3 heterocycles. The third kappa shape index (κ3) is 4.25. The Kier molecular flexibility index (Phi) is 5.17. The minimum absolute atomic E-state index is 0.00683. The van der Waals surface area contributed by atoms with Gasteiger partial charge in [0.2, 0.25) is 0 Å². The van der Waals surface area contributed by atoms with Crippen molar-refractivity contribution in [3.8, 4) is 11.4 Å². The fraction of sp³-hybridized carbons (Fsp3) is 0.471. The molecule has 0 saturated carbocycles. The zero-order chi connectivity index (χ0) is 17.9. The molecule has 0 amide bonds. The minimum Gasteiger partial charge on any atom is -0.376 e. The topological polar surface area (TPSA) is 59.9 Å². The SMILES string of the molecule is CCC(Nc1cc(C(F)(F)F)nc(-c2cccnc2)n1)C1CCCO1. The maximum Gasteiger partial charge on any atom is 0.433 e. The summed E-state index contributed by atoms with van der Waals surface area (Å²) in [4.78, 5) is 11.8. The number of aromatic nitrogens is 3. The van der Waals surface area contributed by atoms with Crippen LogP contribution in [0.1, 0.15) is 31.9 Å². The van der Waals surface area contributed by atoms with E-state index in [1.54, 1.807) is 18.3 Å². The summed E-state index contributed by atoms with van der Waals surface area (Å²) < 4.78 is 45.3. The standard InChI is InChI=1S/C17H19F3N4O/c1-2-12(13-6-4-8-25-13)22-15-9-14(17(18,19)20)23-16(24-15)11-5-3-7-21-10-11/h3,5,7,9-10,12-13H,2,4,6,8H2,1H3,(H,22,23,24). The first-order chi connectivity index (χ1) is 12.0. The minimum atomic E-state index is -4.55. The van der Waals surface area contributed by atoms with Crippen molar-refractivity contribution in [2.24, 2.45) is 0 Å². The average Bonchev–Trinajstić information content (AvgIpc) is 3.14. The van der Waals surface area contributed by atoms with Gasteiger partial charge in [0.05, 0.1) is 12.1 Å². The Morgan fingerprint density at radius 2 is 2.20 bits per heavy atom. The molecule has 1 N–H and O–H groups in total. The number of ether oxygens (including phenoxy) is 1. The normalized spacial score (nSPS) is 19.0. The van der Waals surface area contributed by atoms with Gasteiger partial charge in [0.25, 0.3) is 0 Å². The van der Waals surface area contributed by atoms with Crippen molar-refractivity contribution in [1.82, 2.24) is 15.0 Å². The van der Waals surface area contributed by atoms with E-state index >= 15 is 0 Å². The highest BCUT2D eigenvalue weighted by atomic mass is 19.4. The van der Waals surface area contributed by atoms with E-state index in [2.05, 4.69) is 20.3 Å². The van der Waals surface area contributed by atoms with Gasteiger partial charge in [0.15, 0.2) is 11.5 Å². The second-order valence-corrected chi connectivity index (χ2v) is 5.91. The van der Waals surface area contributed by atoms with Crippen LogP contribution in [0.4, 0.5) is 19.0 Å². The smallest absolute Gasteiger partial charge is 0.376 e. The second kappa shape index (κ2) is 7.35. The highest BCUT2D eigenvalue weighted by Crippen LogP contribution is 2.31. The van der Waals surface area contributed by atoms with Gasteiger partial charge in [-0.2, -0.15) is 13.2 Å². The van der Waals surface area contributed by atoms with Crippen LogP contribution in [0.2, 0.25) is 0 Å². The van der Waals surface area contributed by atoms with E-state index in [1.165, 1.54) is 6.20 Å². The first kappa shape index (κ1) is 17.6. The summed E-state index contributed by atoms with van der Waals surface area (Å²) in [7, 11) is 0. The summed E-state index contributed by atoms with van der Waals surface area (Å²) in [5, 5.41) is 3.10. The lowest BCUT2D eigenvalue weighted by Crippen LogP contribution is -2.33. The Balaban J connectivity index is 1.94. The Labute approximate surface area is 143 Å². The molecule has 8 heteroatoms. The lowest BCUT2D eigenvalue weighted by molar-refractivity contribution is -0.141. The van der Waals surface area contributed by atoms with E-state index in [0.717, 1.165) is 25.3 Å². The highest BCUT2D eigenvalue weighted by Gasteiger charge is 2.34. The van der Waals surface area contributed by atoms with Crippen LogP contribution in [0.25, 0.3) is 11.4 Å². The maximum atomic E-state index is 13.2. The fourth-order valence-electron chi connectivity index (χ4n) is 2.86. The molecule has 0 bridgehead atoms. The quantitative estimate of drug-likeness (QED) is 0.884. The fourth-order valence-corrected chi connectivity index (χ4v) is 2.86. The predicted octanol–water partition coefficient (Wildman–Crippen LogP) is 3.93. The van der Waals surface area contributed by atoms with Crippen LogP contribution in [0.5, 0.6) is 0 Å².